The van der Waals surface area contributed by atoms with Gasteiger partial charge in [-0.05, 0) is 49.2 Å². The number of fused-ring (bicyclic) bond motifs is 2. The number of benzene rings is 3. The molecular weight excluding hydrogens is 424 g/mol. The van der Waals surface area contributed by atoms with Crippen LogP contribution in [0.5, 0.6) is 0 Å². The third kappa shape index (κ3) is 5.07. The Morgan fingerprint density at radius 3 is 2.55 bits per heavy atom. The maximum Gasteiger partial charge on any atom is 0.251 e. The van der Waals surface area contributed by atoms with E-state index in [0.717, 1.165) is 37.9 Å². The summed E-state index contributed by atoms with van der Waals surface area (Å²) in [6.07, 6.45) is 7.57. The first kappa shape index (κ1) is 22.6. The van der Waals surface area contributed by atoms with E-state index in [1.54, 1.807) is 17.8 Å². The Kier molecular flexibility index (Phi) is 7.06. The number of rotatable bonds is 6. The minimum absolute atomic E-state index is 0.134. The molecule has 0 aliphatic carbocycles. The number of hydrogen-bond acceptors (Lipinski definition) is 3. The van der Waals surface area contributed by atoms with Gasteiger partial charge in [0.1, 0.15) is 0 Å². The fourth-order valence-corrected chi connectivity index (χ4v) is 4.63. The molecule has 0 fully saturated rings. The number of aliphatic imine (C=N–C) groups is 1. The normalized spacial score (nSPS) is 13.0. The van der Waals surface area contributed by atoms with Gasteiger partial charge < -0.3 is 5.32 Å². The SMILES string of the molecule is C=C/C(=C\C=C/C)CNC(=O)c1ccc2c(c1)N=C(c1ccccc1C)c1ccccc1S2. The highest BCUT2D eigenvalue weighted by Gasteiger charge is 2.20. The van der Waals surface area contributed by atoms with Gasteiger partial charge in [0.25, 0.3) is 5.91 Å². The molecule has 0 radical (unpaired) electrons. The molecule has 3 nitrogen and oxygen atoms in total. The highest BCUT2D eigenvalue weighted by Crippen LogP contribution is 2.41. The molecule has 3 aromatic rings. The number of aryl methyl sites for hydroxylation is 1. The average Bonchev–Trinajstić information content (AvgIpc) is 3.00. The Morgan fingerprint density at radius 2 is 1.79 bits per heavy atom. The Balaban J connectivity index is 1.72. The van der Waals surface area contributed by atoms with E-state index in [0.29, 0.717) is 12.1 Å². The molecule has 0 unspecified atom stereocenters. The highest BCUT2D eigenvalue weighted by molar-refractivity contribution is 7.99. The molecule has 164 valence electrons. The lowest BCUT2D eigenvalue weighted by Crippen LogP contribution is -2.25. The van der Waals surface area contributed by atoms with Crippen LogP contribution in [0.3, 0.4) is 0 Å². The molecule has 1 N–H and O–H groups in total. The molecule has 1 heterocycles. The summed E-state index contributed by atoms with van der Waals surface area (Å²) in [5.74, 6) is -0.134. The molecule has 1 aliphatic heterocycles. The molecule has 0 aromatic heterocycles. The lowest BCUT2D eigenvalue weighted by atomic mass is 9.98. The molecule has 0 spiro atoms. The number of carbonyl (C=O) groups excluding carboxylic acids is 1. The van der Waals surface area contributed by atoms with Crippen LogP contribution in [0.15, 0.2) is 118 Å². The van der Waals surface area contributed by atoms with Crippen molar-refractivity contribution in [3.05, 3.63) is 125 Å². The van der Waals surface area contributed by atoms with Crippen molar-refractivity contribution < 1.29 is 4.79 Å². The third-order valence-electron chi connectivity index (χ3n) is 5.43. The van der Waals surface area contributed by atoms with Crippen LogP contribution in [0, 0.1) is 6.92 Å². The van der Waals surface area contributed by atoms with Crippen molar-refractivity contribution in [2.24, 2.45) is 4.99 Å². The van der Waals surface area contributed by atoms with Crippen LogP contribution in [0.2, 0.25) is 0 Å². The molecule has 33 heavy (non-hydrogen) atoms. The molecule has 4 heteroatoms. The molecule has 1 aliphatic rings. The summed E-state index contributed by atoms with van der Waals surface area (Å²) >= 11 is 1.68. The zero-order valence-electron chi connectivity index (χ0n) is 18.8. The number of nitrogens with zero attached hydrogens (tertiary/aromatic N) is 1. The van der Waals surface area contributed by atoms with Crippen molar-refractivity contribution in [3.63, 3.8) is 0 Å². The lowest BCUT2D eigenvalue weighted by Gasteiger charge is -2.11. The van der Waals surface area contributed by atoms with E-state index >= 15 is 0 Å². The van der Waals surface area contributed by atoms with Gasteiger partial charge in [-0.1, -0.05) is 85.1 Å². The van der Waals surface area contributed by atoms with E-state index in [9.17, 15) is 4.79 Å². The summed E-state index contributed by atoms with van der Waals surface area (Å²) in [7, 11) is 0. The maximum atomic E-state index is 12.9. The van der Waals surface area contributed by atoms with E-state index in [-0.39, 0.29) is 5.91 Å². The van der Waals surface area contributed by atoms with Crippen LogP contribution in [0.25, 0.3) is 0 Å². The fraction of sp³-hybridized carbons (Fsp3) is 0.103. The molecule has 3 aromatic carbocycles. The molecule has 1 amide bonds. The monoisotopic (exact) mass is 450 g/mol. The van der Waals surface area contributed by atoms with Gasteiger partial charge >= 0.3 is 0 Å². The summed E-state index contributed by atoms with van der Waals surface area (Å²) in [5, 5.41) is 2.98. The van der Waals surface area contributed by atoms with Gasteiger partial charge in [-0.25, -0.2) is 4.99 Å². The molecule has 4 rings (SSSR count). The second-order valence-corrected chi connectivity index (χ2v) is 8.79. The standard InChI is InChI=1S/C29H26N2OS/c1-4-6-12-21(5-2)19-30-29(32)22-16-17-27-25(18-22)31-28(23-13-8-7-11-20(23)3)24-14-9-10-15-26(24)33-27/h4-18H,2,19H2,1,3H3,(H,30,32)/b6-4-,21-12+. The first-order valence-corrected chi connectivity index (χ1v) is 11.7. The minimum Gasteiger partial charge on any atom is -0.348 e. The molecule has 0 saturated carbocycles. The van der Waals surface area contributed by atoms with Crippen LogP contribution in [0.1, 0.15) is 34.0 Å². The molecule has 0 bridgehead atoms. The van der Waals surface area contributed by atoms with Crippen molar-refractivity contribution in [2.45, 2.75) is 23.6 Å². The summed E-state index contributed by atoms with van der Waals surface area (Å²) in [6, 6.07) is 22.3. The van der Waals surface area contributed by atoms with Crippen molar-refractivity contribution in [1.82, 2.24) is 5.32 Å². The number of nitrogens with one attached hydrogen (secondary N) is 1. The van der Waals surface area contributed by atoms with E-state index < -0.39 is 0 Å². The number of carbonyl (C=O) groups is 1. The lowest BCUT2D eigenvalue weighted by molar-refractivity contribution is 0.0957. The van der Waals surface area contributed by atoms with Gasteiger partial charge in [0.05, 0.1) is 11.4 Å². The van der Waals surface area contributed by atoms with Gasteiger partial charge in [0.2, 0.25) is 0 Å². The third-order valence-corrected chi connectivity index (χ3v) is 6.57. The van der Waals surface area contributed by atoms with Crippen LogP contribution in [-0.2, 0) is 0 Å². The fourth-order valence-electron chi connectivity index (χ4n) is 3.63. The van der Waals surface area contributed by atoms with Crippen LogP contribution < -0.4 is 5.32 Å². The summed E-state index contributed by atoms with van der Waals surface area (Å²) in [6.45, 7) is 8.29. The second-order valence-electron chi connectivity index (χ2n) is 7.71. The Bertz CT molecular complexity index is 1300. The van der Waals surface area contributed by atoms with Gasteiger partial charge in [0, 0.05) is 33.0 Å². The summed E-state index contributed by atoms with van der Waals surface area (Å²) in [5.41, 5.74) is 6.62. The summed E-state index contributed by atoms with van der Waals surface area (Å²) in [4.78, 5) is 20.2. The van der Waals surface area contributed by atoms with Crippen molar-refractivity contribution in [2.75, 3.05) is 6.54 Å². The predicted octanol–water partition coefficient (Wildman–Crippen LogP) is 7.05. The van der Waals surface area contributed by atoms with E-state index in [2.05, 4.69) is 43.1 Å². The molecule has 0 saturated heterocycles. The Hall–Kier alpha value is -3.63. The number of amides is 1. The number of hydrogen-bond donors (Lipinski definition) is 1. The smallest absolute Gasteiger partial charge is 0.251 e. The van der Waals surface area contributed by atoms with Crippen LogP contribution in [-0.4, -0.2) is 18.2 Å². The van der Waals surface area contributed by atoms with Crippen molar-refractivity contribution in [3.8, 4) is 0 Å². The van der Waals surface area contributed by atoms with E-state index in [1.807, 2.05) is 67.6 Å². The number of allylic oxidation sites excluding steroid dienone is 3. The zero-order valence-corrected chi connectivity index (χ0v) is 19.7. The first-order valence-electron chi connectivity index (χ1n) is 10.9. The van der Waals surface area contributed by atoms with Crippen LogP contribution >= 0.6 is 11.8 Å². The van der Waals surface area contributed by atoms with E-state index in [4.69, 9.17) is 4.99 Å². The molecular formula is C29H26N2OS. The van der Waals surface area contributed by atoms with Gasteiger partial charge in [-0.2, -0.15) is 0 Å². The quantitative estimate of drug-likeness (QED) is 0.320. The average molecular weight is 451 g/mol. The summed E-state index contributed by atoms with van der Waals surface area (Å²) < 4.78 is 0. The highest BCUT2D eigenvalue weighted by atomic mass is 32.2. The van der Waals surface area contributed by atoms with Crippen LogP contribution in [0.4, 0.5) is 5.69 Å². The second kappa shape index (κ2) is 10.3. The largest absolute Gasteiger partial charge is 0.348 e. The van der Waals surface area contributed by atoms with Gasteiger partial charge in [0.15, 0.2) is 0 Å². The minimum atomic E-state index is -0.134. The van der Waals surface area contributed by atoms with Crippen molar-refractivity contribution in [1.29, 1.82) is 0 Å². The Morgan fingerprint density at radius 1 is 1.03 bits per heavy atom. The first-order chi connectivity index (χ1) is 16.1. The van der Waals surface area contributed by atoms with E-state index in [1.165, 1.54) is 5.56 Å². The predicted molar refractivity (Wildman–Crippen MR) is 139 cm³/mol. The van der Waals surface area contributed by atoms with Gasteiger partial charge in [-0.15, -0.1) is 0 Å². The maximum absolute atomic E-state index is 12.9. The van der Waals surface area contributed by atoms with Gasteiger partial charge in [-0.3, -0.25) is 4.79 Å². The van der Waals surface area contributed by atoms with Crippen molar-refractivity contribution >= 4 is 29.1 Å². The molecule has 0 atom stereocenters. The zero-order chi connectivity index (χ0) is 23.2. The Labute approximate surface area is 199 Å². The topological polar surface area (TPSA) is 41.5 Å².